The Morgan fingerprint density at radius 2 is 2.00 bits per heavy atom. The van der Waals surface area contributed by atoms with Crippen LogP contribution in [0, 0.1) is 24.0 Å². The van der Waals surface area contributed by atoms with Gasteiger partial charge in [-0.05, 0) is 30.9 Å². The molecule has 0 bridgehead atoms. The summed E-state index contributed by atoms with van der Waals surface area (Å²) in [6, 6.07) is 8.66. The standard InChI is InChI=1S/C14H16N4O3/c1-10-3-5-12(6-4-10)14(19)15-7-8-17-11(2)9-13(16-17)18(20)21/h3-6,9H,7-8H2,1-2H3,(H,15,19). The fourth-order valence-electron chi connectivity index (χ4n) is 1.89. The Kier molecular flexibility index (Phi) is 4.32. The van der Waals surface area contributed by atoms with Gasteiger partial charge in [0.25, 0.3) is 5.91 Å². The average Bonchev–Trinajstić information content (AvgIpc) is 2.81. The molecular formula is C14H16N4O3. The van der Waals surface area contributed by atoms with Crippen LogP contribution in [0.25, 0.3) is 0 Å². The lowest BCUT2D eigenvalue weighted by Gasteiger charge is -2.05. The maximum Gasteiger partial charge on any atom is 0.390 e. The number of hydrogen-bond acceptors (Lipinski definition) is 4. The number of benzene rings is 1. The molecule has 1 aromatic carbocycles. The zero-order chi connectivity index (χ0) is 15.4. The van der Waals surface area contributed by atoms with Gasteiger partial charge in [0, 0.05) is 12.1 Å². The van der Waals surface area contributed by atoms with Gasteiger partial charge in [-0.15, -0.1) is 0 Å². The van der Waals surface area contributed by atoms with Crippen molar-refractivity contribution in [2.45, 2.75) is 20.4 Å². The Morgan fingerprint density at radius 3 is 2.57 bits per heavy atom. The second-order valence-electron chi connectivity index (χ2n) is 4.75. The summed E-state index contributed by atoms with van der Waals surface area (Å²) >= 11 is 0. The van der Waals surface area contributed by atoms with Gasteiger partial charge >= 0.3 is 5.82 Å². The van der Waals surface area contributed by atoms with Gasteiger partial charge in [0.05, 0.1) is 23.4 Å². The lowest BCUT2D eigenvalue weighted by atomic mass is 10.1. The summed E-state index contributed by atoms with van der Waals surface area (Å²) in [5.74, 6) is -0.355. The first-order chi connectivity index (χ1) is 9.97. The minimum absolute atomic E-state index is 0.172. The van der Waals surface area contributed by atoms with E-state index < -0.39 is 4.92 Å². The molecule has 21 heavy (non-hydrogen) atoms. The van der Waals surface area contributed by atoms with Crippen molar-refractivity contribution in [1.29, 1.82) is 0 Å². The molecule has 0 aliphatic heterocycles. The maximum atomic E-state index is 11.9. The zero-order valence-electron chi connectivity index (χ0n) is 11.9. The van der Waals surface area contributed by atoms with Gasteiger partial charge in [-0.1, -0.05) is 17.7 Å². The van der Waals surface area contributed by atoms with Crippen molar-refractivity contribution >= 4 is 11.7 Å². The first-order valence-corrected chi connectivity index (χ1v) is 6.51. The van der Waals surface area contributed by atoms with Crippen LogP contribution in [0.15, 0.2) is 30.3 Å². The third kappa shape index (κ3) is 3.65. The molecule has 7 nitrogen and oxygen atoms in total. The summed E-state index contributed by atoms with van der Waals surface area (Å²) in [6.07, 6.45) is 0. The van der Waals surface area contributed by atoms with Crippen molar-refractivity contribution in [1.82, 2.24) is 15.1 Å². The summed E-state index contributed by atoms with van der Waals surface area (Å²) in [6.45, 7) is 4.43. The van der Waals surface area contributed by atoms with E-state index in [1.807, 2.05) is 19.1 Å². The Bertz CT molecular complexity index is 661. The molecule has 0 aliphatic carbocycles. The second kappa shape index (κ2) is 6.17. The monoisotopic (exact) mass is 288 g/mol. The number of carbonyl (C=O) groups is 1. The van der Waals surface area contributed by atoms with Crippen LogP contribution in [0.4, 0.5) is 5.82 Å². The minimum atomic E-state index is -0.533. The number of aryl methyl sites for hydroxylation is 2. The predicted octanol–water partition coefficient (Wildman–Crippen LogP) is 1.84. The Balaban J connectivity index is 1.91. The highest BCUT2D eigenvalue weighted by Crippen LogP contribution is 2.10. The minimum Gasteiger partial charge on any atom is -0.358 e. The van der Waals surface area contributed by atoms with E-state index in [2.05, 4.69) is 10.4 Å². The van der Waals surface area contributed by atoms with E-state index in [9.17, 15) is 14.9 Å². The number of nitro groups is 1. The van der Waals surface area contributed by atoms with Gasteiger partial charge < -0.3 is 15.4 Å². The SMILES string of the molecule is Cc1ccc(C(=O)NCCn2nc([N+](=O)[O-])cc2C)cc1. The van der Waals surface area contributed by atoms with Crippen LogP contribution in [0.2, 0.25) is 0 Å². The molecule has 1 aromatic heterocycles. The van der Waals surface area contributed by atoms with Crippen molar-refractivity contribution < 1.29 is 9.72 Å². The third-order valence-electron chi connectivity index (χ3n) is 3.08. The van der Waals surface area contributed by atoms with Crippen molar-refractivity contribution in [2.24, 2.45) is 0 Å². The number of hydrogen-bond donors (Lipinski definition) is 1. The molecular weight excluding hydrogens is 272 g/mol. The van der Waals surface area contributed by atoms with Crippen LogP contribution < -0.4 is 5.32 Å². The summed E-state index contributed by atoms with van der Waals surface area (Å²) in [5.41, 5.74) is 2.36. The summed E-state index contributed by atoms with van der Waals surface area (Å²) in [7, 11) is 0. The number of nitrogens with zero attached hydrogens (tertiary/aromatic N) is 3. The fraction of sp³-hybridized carbons (Fsp3) is 0.286. The molecule has 0 saturated heterocycles. The van der Waals surface area contributed by atoms with Gasteiger partial charge in [0.2, 0.25) is 0 Å². The van der Waals surface area contributed by atoms with Crippen LogP contribution >= 0.6 is 0 Å². The number of nitrogens with one attached hydrogen (secondary N) is 1. The Labute approximate surface area is 121 Å². The van der Waals surface area contributed by atoms with E-state index in [0.717, 1.165) is 5.56 Å². The van der Waals surface area contributed by atoms with Crippen LogP contribution in [0.1, 0.15) is 21.6 Å². The number of aromatic nitrogens is 2. The van der Waals surface area contributed by atoms with Crippen LogP contribution in [0.3, 0.4) is 0 Å². The Morgan fingerprint density at radius 1 is 1.33 bits per heavy atom. The van der Waals surface area contributed by atoms with Gasteiger partial charge in [0.15, 0.2) is 0 Å². The highest BCUT2D eigenvalue weighted by Gasteiger charge is 2.15. The van der Waals surface area contributed by atoms with Gasteiger partial charge in [0.1, 0.15) is 0 Å². The number of carbonyl (C=O) groups excluding carboxylic acids is 1. The molecule has 0 fully saturated rings. The lowest BCUT2D eigenvalue weighted by molar-refractivity contribution is -0.389. The average molecular weight is 288 g/mol. The van der Waals surface area contributed by atoms with E-state index in [1.54, 1.807) is 19.1 Å². The van der Waals surface area contributed by atoms with E-state index >= 15 is 0 Å². The predicted molar refractivity (Wildman–Crippen MR) is 77.1 cm³/mol. The molecule has 1 heterocycles. The number of amides is 1. The summed E-state index contributed by atoms with van der Waals surface area (Å²) in [5, 5.41) is 17.2. The van der Waals surface area contributed by atoms with Crippen LogP contribution in [-0.2, 0) is 6.54 Å². The first-order valence-electron chi connectivity index (χ1n) is 6.51. The molecule has 0 atom stereocenters. The van der Waals surface area contributed by atoms with Crippen molar-refractivity contribution in [2.75, 3.05) is 6.54 Å². The third-order valence-corrected chi connectivity index (χ3v) is 3.08. The molecule has 0 radical (unpaired) electrons. The molecule has 0 spiro atoms. The summed E-state index contributed by atoms with van der Waals surface area (Å²) < 4.78 is 1.51. The maximum absolute atomic E-state index is 11.9. The topological polar surface area (TPSA) is 90.1 Å². The highest BCUT2D eigenvalue weighted by molar-refractivity contribution is 5.94. The zero-order valence-corrected chi connectivity index (χ0v) is 11.9. The normalized spacial score (nSPS) is 10.4. The van der Waals surface area contributed by atoms with E-state index in [1.165, 1.54) is 10.7 Å². The molecule has 2 aromatic rings. The van der Waals surface area contributed by atoms with Gasteiger partial charge in [-0.3, -0.25) is 4.79 Å². The molecule has 0 aliphatic rings. The van der Waals surface area contributed by atoms with E-state index in [0.29, 0.717) is 24.3 Å². The summed E-state index contributed by atoms with van der Waals surface area (Å²) in [4.78, 5) is 22.0. The molecule has 1 amide bonds. The molecule has 2 rings (SSSR count). The second-order valence-corrected chi connectivity index (χ2v) is 4.75. The highest BCUT2D eigenvalue weighted by atomic mass is 16.6. The van der Waals surface area contributed by atoms with Crippen LogP contribution in [0.5, 0.6) is 0 Å². The van der Waals surface area contributed by atoms with Crippen molar-refractivity contribution in [3.05, 3.63) is 57.3 Å². The lowest BCUT2D eigenvalue weighted by Crippen LogP contribution is -2.27. The van der Waals surface area contributed by atoms with Crippen LogP contribution in [-0.4, -0.2) is 27.2 Å². The number of rotatable bonds is 5. The largest absolute Gasteiger partial charge is 0.390 e. The molecule has 7 heteroatoms. The molecule has 0 saturated carbocycles. The Hall–Kier alpha value is -2.70. The smallest absolute Gasteiger partial charge is 0.358 e. The molecule has 110 valence electrons. The quantitative estimate of drug-likeness (QED) is 0.671. The van der Waals surface area contributed by atoms with Gasteiger partial charge in [-0.25, -0.2) is 0 Å². The van der Waals surface area contributed by atoms with E-state index in [4.69, 9.17) is 0 Å². The molecule has 0 unspecified atom stereocenters. The van der Waals surface area contributed by atoms with Crippen molar-refractivity contribution in [3.8, 4) is 0 Å². The van der Waals surface area contributed by atoms with E-state index in [-0.39, 0.29) is 11.7 Å². The fourth-order valence-corrected chi connectivity index (χ4v) is 1.89. The first kappa shape index (κ1) is 14.7. The molecule has 1 N–H and O–H groups in total. The van der Waals surface area contributed by atoms with Gasteiger partial charge in [-0.2, -0.15) is 4.68 Å². The van der Waals surface area contributed by atoms with Crippen molar-refractivity contribution in [3.63, 3.8) is 0 Å².